The van der Waals surface area contributed by atoms with Crippen molar-refractivity contribution in [2.75, 3.05) is 18.5 Å². The number of aliphatic hydroxyl groups excluding tert-OH is 1. The summed E-state index contributed by atoms with van der Waals surface area (Å²) in [6.45, 7) is 6.04. The Morgan fingerprint density at radius 2 is 1.97 bits per heavy atom. The molecule has 164 valence electrons. The molecule has 1 amide bonds. The lowest BCUT2D eigenvalue weighted by Gasteiger charge is -2.05. The van der Waals surface area contributed by atoms with Gasteiger partial charge in [-0.3, -0.25) is 14.8 Å². The number of ether oxygens (including phenoxy) is 1. The third-order valence-corrected chi connectivity index (χ3v) is 4.04. The van der Waals surface area contributed by atoms with Crippen molar-refractivity contribution in [3.8, 4) is 17.7 Å². The minimum absolute atomic E-state index is 0.150. The van der Waals surface area contributed by atoms with E-state index in [-0.39, 0.29) is 19.0 Å². The molecule has 2 aromatic rings. The standard InChI is InChI=1S/C9H10N2O2.C7H6FNO.C6H9NS/c1-8-6-11-9(7-10-8)13-5-3-2-4-12;8-6-1-3-7(4-2-6)9-5-10;1-5-3-4-8-6(2)7-5/h6-7,12H,4-5H2,1H3;1-5H,(H,9,10);3-5H,1-2H3/t;;5-/m..0/s1. The number of hydrogen-bond donors (Lipinski definition) is 2. The lowest BCUT2D eigenvalue weighted by Crippen LogP contribution is -1.98. The maximum atomic E-state index is 12.2. The summed E-state index contributed by atoms with van der Waals surface area (Å²) in [5.74, 6) is 5.20. The first kappa shape index (κ1) is 25.8. The van der Waals surface area contributed by atoms with E-state index in [1.165, 1.54) is 35.5 Å². The number of aliphatic hydroxyl groups is 1. The van der Waals surface area contributed by atoms with Gasteiger partial charge in [-0.25, -0.2) is 9.37 Å². The van der Waals surface area contributed by atoms with Crippen LogP contribution >= 0.6 is 11.8 Å². The number of nitrogens with zero attached hydrogens (tertiary/aromatic N) is 3. The van der Waals surface area contributed by atoms with Crippen LogP contribution in [0.3, 0.4) is 0 Å². The first-order chi connectivity index (χ1) is 14.9. The molecule has 1 aliphatic rings. The molecule has 9 heteroatoms. The maximum absolute atomic E-state index is 12.2. The van der Waals surface area contributed by atoms with Gasteiger partial charge in [0.15, 0.2) is 6.61 Å². The molecule has 0 bridgehead atoms. The molecule has 0 radical (unpaired) electrons. The lowest BCUT2D eigenvalue weighted by atomic mass is 10.3. The van der Waals surface area contributed by atoms with E-state index in [9.17, 15) is 9.18 Å². The Kier molecular flexibility index (Phi) is 13.0. The Morgan fingerprint density at radius 1 is 1.23 bits per heavy atom. The average molecular weight is 445 g/mol. The Bertz CT molecular complexity index is 907. The molecule has 0 saturated carbocycles. The zero-order valence-electron chi connectivity index (χ0n) is 17.6. The molecule has 1 aromatic carbocycles. The van der Waals surface area contributed by atoms with Gasteiger partial charge in [-0.2, -0.15) is 0 Å². The number of rotatable bonds is 4. The van der Waals surface area contributed by atoms with Crippen LogP contribution in [0.15, 0.2) is 53.1 Å². The van der Waals surface area contributed by atoms with E-state index >= 15 is 0 Å². The van der Waals surface area contributed by atoms with Gasteiger partial charge in [0.2, 0.25) is 12.3 Å². The number of carbonyl (C=O) groups is 1. The van der Waals surface area contributed by atoms with Crippen LogP contribution in [-0.2, 0) is 4.79 Å². The number of benzene rings is 1. The van der Waals surface area contributed by atoms with E-state index in [0.717, 1.165) is 5.69 Å². The van der Waals surface area contributed by atoms with Gasteiger partial charge in [-0.1, -0.05) is 29.7 Å². The van der Waals surface area contributed by atoms with Crippen molar-refractivity contribution in [1.82, 2.24) is 9.97 Å². The molecule has 0 aliphatic carbocycles. The largest absolute Gasteiger partial charge is 0.463 e. The molecule has 1 aromatic heterocycles. The second-order valence-corrected chi connectivity index (χ2v) is 7.00. The summed E-state index contributed by atoms with van der Waals surface area (Å²) in [6, 6.07) is 5.95. The predicted molar refractivity (Wildman–Crippen MR) is 123 cm³/mol. The van der Waals surface area contributed by atoms with Crippen molar-refractivity contribution in [2.24, 2.45) is 4.99 Å². The normalized spacial score (nSPS) is 13.7. The minimum Gasteiger partial charge on any atom is -0.463 e. The quantitative estimate of drug-likeness (QED) is 0.552. The first-order valence-electron chi connectivity index (χ1n) is 9.26. The predicted octanol–water partition coefficient (Wildman–Crippen LogP) is 3.61. The molecule has 0 saturated heterocycles. The highest BCUT2D eigenvalue weighted by Gasteiger charge is 1.99. The van der Waals surface area contributed by atoms with Crippen molar-refractivity contribution in [3.05, 3.63) is 59.7 Å². The van der Waals surface area contributed by atoms with Crippen LogP contribution in [0, 0.1) is 24.6 Å². The second-order valence-electron chi connectivity index (χ2n) is 5.90. The van der Waals surface area contributed by atoms with Crippen LogP contribution in [-0.4, -0.2) is 45.8 Å². The van der Waals surface area contributed by atoms with Crippen LogP contribution in [0.2, 0.25) is 0 Å². The number of hydrogen-bond acceptors (Lipinski definition) is 7. The zero-order chi connectivity index (χ0) is 22.9. The van der Waals surface area contributed by atoms with Crippen LogP contribution in [0.5, 0.6) is 5.88 Å². The summed E-state index contributed by atoms with van der Waals surface area (Å²) in [4.78, 5) is 22.1. The number of anilines is 1. The molecule has 31 heavy (non-hydrogen) atoms. The second kappa shape index (κ2) is 15.6. The molecule has 0 unspecified atom stereocenters. The molecule has 1 aliphatic heterocycles. The summed E-state index contributed by atoms with van der Waals surface area (Å²) < 4.78 is 17.3. The fourth-order valence-corrected chi connectivity index (χ4v) is 2.63. The summed E-state index contributed by atoms with van der Waals surface area (Å²) >= 11 is 1.69. The van der Waals surface area contributed by atoms with Crippen LogP contribution in [0.25, 0.3) is 0 Å². The van der Waals surface area contributed by atoms with Gasteiger partial charge in [0.05, 0.1) is 29.2 Å². The molecular weight excluding hydrogens is 419 g/mol. The Labute approximate surface area is 185 Å². The fourth-order valence-electron chi connectivity index (χ4n) is 1.90. The average Bonchev–Trinajstić information content (AvgIpc) is 2.75. The summed E-state index contributed by atoms with van der Waals surface area (Å²) in [7, 11) is 0. The molecule has 2 heterocycles. The van der Waals surface area contributed by atoms with Crippen molar-refractivity contribution >= 4 is 28.9 Å². The topological polar surface area (TPSA) is 96.7 Å². The lowest BCUT2D eigenvalue weighted by molar-refractivity contribution is -0.105. The van der Waals surface area contributed by atoms with Gasteiger partial charge >= 0.3 is 0 Å². The number of carbonyl (C=O) groups excluding carboxylic acids is 1. The Morgan fingerprint density at radius 3 is 2.48 bits per heavy atom. The van der Waals surface area contributed by atoms with Crippen molar-refractivity contribution in [3.63, 3.8) is 0 Å². The maximum Gasteiger partial charge on any atom is 0.233 e. The highest BCUT2D eigenvalue weighted by Crippen LogP contribution is 2.13. The van der Waals surface area contributed by atoms with Gasteiger partial charge in [-0.15, -0.1) is 0 Å². The monoisotopic (exact) mass is 444 g/mol. The molecular formula is C22H25FN4O3S. The van der Waals surface area contributed by atoms with E-state index in [4.69, 9.17) is 9.84 Å². The number of amides is 1. The van der Waals surface area contributed by atoms with Gasteiger partial charge in [0.25, 0.3) is 0 Å². The van der Waals surface area contributed by atoms with Gasteiger partial charge < -0.3 is 15.2 Å². The number of aromatic nitrogens is 2. The first-order valence-corrected chi connectivity index (χ1v) is 10.1. The van der Waals surface area contributed by atoms with Crippen molar-refractivity contribution in [2.45, 2.75) is 26.8 Å². The summed E-state index contributed by atoms with van der Waals surface area (Å²) in [5, 5.41) is 14.0. The number of aryl methyl sites for hydroxylation is 1. The third kappa shape index (κ3) is 12.8. The van der Waals surface area contributed by atoms with E-state index < -0.39 is 0 Å². The van der Waals surface area contributed by atoms with Gasteiger partial charge in [0.1, 0.15) is 12.4 Å². The van der Waals surface area contributed by atoms with E-state index in [2.05, 4.69) is 50.5 Å². The Balaban J connectivity index is 0.000000240. The molecule has 3 rings (SSSR count). The van der Waals surface area contributed by atoms with Crippen LogP contribution < -0.4 is 10.1 Å². The molecule has 1 atom stereocenters. The van der Waals surface area contributed by atoms with Crippen LogP contribution in [0.1, 0.15) is 19.5 Å². The highest BCUT2D eigenvalue weighted by atomic mass is 32.2. The van der Waals surface area contributed by atoms with E-state index in [0.29, 0.717) is 24.0 Å². The number of nitrogens with one attached hydrogen (secondary N) is 1. The number of aliphatic imine (C=N–C) groups is 1. The SMILES string of the molecule is CC1=N[C@@H](C)C=CS1.Cc1cnc(OCC#CCO)cn1.O=CNc1ccc(F)cc1. The molecule has 0 fully saturated rings. The van der Waals surface area contributed by atoms with Crippen LogP contribution in [0.4, 0.5) is 10.1 Å². The number of halogens is 1. The summed E-state index contributed by atoms with van der Waals surface area (Å²) in [6.07, 6.45) is 5.80. The Hall–Kier alpha value is -3.22. The molecule has 2 N–H and O–H groups in total. The third-order valence-electron chi connectivity index (χ3n) is 3.30. The summed E-state index contributed by atoms with van der Waals surface area (Å²) in [5.41, 5.74) is 1.44. The van der Waals surface area contributed by atoms with E-state index in [1.54, 1.807) is 18.0 Å². The van der Waals surface area contributed by atoms with Gasteiger partial charge in [0, 0.05) is 5.69 Å². The minimum atomic E-state index is -0.309. The zero-order valence-corrected chi connectivity index (χ0v) is 18.4. The fraction of sp³-hybridized carbons (Fsp3) is 0.273. The molecule has 0 spiro atoms. The molecule has 7 nitrogen and oxygen atoms in total. The van der Waals surface area contributed by atoms with Crippen molar-refractivity contribution < 1.29 is 19.0 Å². The number of thioether (sulfide) groups is 1. The highest BCUT2D eigenvalue weighted by molar-refractivity contribution is 8.16. The van der Waals surface area contributed by atoms with Gasteiger partial charge in [-0.05, 0) is 50.4 Å². The van der Waals surface area contributed by atoms with Crippen molar-refractivity contribution in [1.29, 1.82) is 0 Å². The smallest absolute Gasteiger partial charge is 0.233 e. The van der Waals surface area contributed by atoms with E-state index in [1.807, 2.05) is 13.8 Å².